The molecule has 0 aliphatic heterocycles. The number of rotatable bonds is 10. The normalized spacial score (nSPS) is 10.2. The van der Waals surface area contributed by atoms with Gasteiger partial charge in [0.25, 0.3) is 0 Å². The maximum atomic E-state index is 11.6. The smallest absolute Gasteiger partial charge is 0.246 e. The van der Waals surface area contributed by atoms with E-state index in [-0.39, 0.29) is 5.91 Å². The van der Waals surface area contributed by atoms with Crippen molar-refractivity contribution in [1.82, 2.24) is 4.90 Å². The van der Waals surface area contributed by atoms with Gasteiger partial charge in [-0.2, -0.15) is 0 Å². The molecule has 0 rings (SSSR count). The van der Waals surface area contributed by atoms with E-state index in [2.05, 4.69) is 6.92 Å². The van der Waals surface area contributed by atoms with Gasteiger partial charge in [-0.15, -0.1) is 0 Å². The van der Waals surface area contributed by atoms with Gasteiger partial charge >= 0.3 is 0 Å². The molecule has 18 heavy (non-hydrogen) atoms. The van der Waals surface area contributed by atoms with E-state index in [9.17, 15) is 4.79 Å². The van der Waals surface area contributed by atoms with Gasteiger partial charge in [-0.1, -0.05) is 57.4 Å². The molecule has 0 saturated heterocycles. The quantitative estimate of drug-likeness (QED) is 0.413. The van der Waals surface area contributed by atoms with Gasteiger partial charge in [-0.05, 0) is 20.3 Å². The van der Waals surface area contributed by atoms with Gasteiger partial charge in [0.1, 0.15) is 0 Å². The summed E-state index contributed by atoms with van der Waals surface area (Å²) in [5.74, 6) is 0.137. The minimum absolute atomic E-state index is 0.137. The molecule has 2 heteroatoms. The summed E-state index contributed by atoms with van der Waals surface area (Å²) in [6, 6.07) is 0. The zero-order chi connectivity index (χ0) is 13.8. The summed E-state index contributed by atoms with van der Waals surface area (Å²) < 4.78 is 0. The Kier molecular flexibility index (Phi) is 10.8. The molecule has 0 aromatic heterocycles. The number of allylic oxidation sites excluding steroid dienone is 1. The molecule has 0 aromatic carbocycles. The van der Waals surface area contributed by atoms with Gasteiger partial charge in [-0.25, -0.2) is 0 Å². The van der Waals surface area contributed by atoms with E-state index < -0.39 is 0 Å². The van der Waals surface area contributed by atoms with E-state index in [4.69, 9.17) is 0 Å². The van der Waals surface area contributed by atoms with E-state index >= 15 is 0 Å². The van der Waals surface area contributed by atoms with Gasteiger partial charge in [-0.3, -0.25) is 4.79 Å². The summed E-state index contributed by atoms with van der Waals surface area (Å²) in [5.41, 5.74) is 1.07. The van der Waals surface area contributed by atoms with E-state index in [1.54, 1.807) is 6.08 Å². The van der Waals surface area contributed by atoms with Crippen LogP contribution in [0, 0.1) is 0 Å². The number of hydrogen-bond donors (Lipinski definition) is 0. The van der Waals surface area contributed by atoms with Gasteiger partial charge < -0.3 is 4.90 Å². The Balaban J connectivity index is 3.43. The van der Waals surface area contributed by atoms with Crippen molar-refractivity contribution in [3.63, 3.8) is 0 Å². The molecule has 0 heterocycles. The maximum Gasteiger partial charge on any atom is 0.246 e. The third-order valence-electron chi connectivity index (χ3n) is 3.14. The van der Waals surface area contributed by atoms with Crippen molar-refractivity contribution in [2.24, 2.45) is 0 Å². The predicted molar refractivity (Wildman–Crippen MR) is 79.7 cm³/mol. The van der Waals surface area contributed by atoms with Crippen LogP contribution in [-0.4, -0.2) is 24.4 Å². The highest BCUT2D eigenvalue weighted by Gasteiger charge is 2.04. The summed E-state index contributed by atoms with van der Waals surface area (Å²) >= 11 is 0. The fourth-order valence-corrected chi connectivity index (χ4v) is 1.95. The SMILES string of the molecule is CCCCCCCCCCN(C)C(=O)C=C(C)C. The second kappa shape index (κ2) is 11.3. The monoisotopic (exact) mass is 253 g/mol. The number of amides is 1. The van der Waals surface area contributed by atoms with E-state index in [0.717, 1.165) is 18.5 Å². The average molecular weight is 253 g/mol. The molecule has 1 amide bonds. The molecule has 0 bridgehead atoms. The molecule has 0 radical (unpaired) electrons. The number of unbranched alkanes of at least 4 members (excludes halogenated alkanes) is 7. The first kappa shape index (κ1) is 17.2. The summed E-state index contributed by atoms with van der Waals surface area (Å²) in [7, 11) is 1.89. The van der Waals surface area contributed by atoms with Crippen LogP contribution in [0.2, 0.25) is 0 Å². The van der Waals surface area contributed by atoms with Crippen LogP contribution in [0.3, 0.4) is 0 Å². The molecule has 0 aliphatic rings. The van der Waals surface area contributed by atoms with Gasteiger partial charge in [0, 0.05) is 19.7 Å². The highest BCUT2D eigenvalue weighted by molar-refractivity contribution is 5.87. The van der Waals surface area contributed by atoms with Crippen LogP contribution < -0.4 is 0 Å². The van der Waals surface area contributed by atoms with Gasteiger partial charge in [0.2, 0.25) is 5.91 Å². The summed E-state index contributed by atoms with van der Waals surface area (Å²) in [6.07, 6.45) is 12.2. The first-order valence-electron chi connectivity index (χ1n) is 7.48. The van der Waals surface area contributed by atoms with Gasteiger partial charge in [0.15, 0.2) is 0 Å². The molecule has 0 aliphatic carbocycles. The molecule has 0 spiro atoms. The third-order valence-corrected chi connectivity index (χ3v) is 3.14. The molecular weight excluding hydrogens is 222 g/mol. The first-order valence-corrected chi connectivity index (χ1v) is 7.48. The second-order valence-electron chi connectivity index (χ2n) is 5.46. The standard InChI is InChI=1S/C16H31NO/c1-5-6-7-8-9-10-11-12-13-17(4)16(18)14-15(2)3/h14H,5-13H2,1-4H3. The lowest BCUT2D eigenvalue weighted by atomic mass is 10.1. The molecule has 0 fully saturated rings. The van der Waals surface area contributed by atoms with Crippen LogP contribution in [0.25, 0.3) is 0 Å². The van der Waals surface area contributed by atoms with Crippen molar-refractivity contribution >= 4 is 5.91 Å². The van der Waals surface area contributed by atoms with Crippen LogP contribution in [0.5, 0.6) is 0 Å². The highest BCUT2D eigenvalue weighted by atomic mass is 16.2. The Morgan fingerprint density at radius 2 is 1.44 bits per heavy atom. The Labute approximate surface area is 113 Å². The van der Waals surface area contributed by atoms with E-state index in [0.29, 0.717) is 0 Å². The summed E-state index contributed by atoms with van der Waals surface area (Å²) in [5, 5.41) is 0. The number of hydrogen-bond acceptors (Lipinski definition) is 1. The zero-order valence-electron chi connectivity index (χ0n) is 12.8. The second-order valence-corrected chi connectivity index (χ2v) is 5.46. The Hall–Kier alpha value is -0.790. The topological polar surface area (TPSA) is 20.3 Å². The Morgan fingerprint density at radius 1 is 0.944 bits per heavy atom. The maximum absolute atomic E-state index is 11.6. The lowest BCUT2D eigenvalue weighted by Gasteiger charge is -2.15. The number of nitrogens with zero attached hydrogens (tertiary/aromatic N) is 1. The predicted octanol–water partition coefficient (Wildman–Crippen LogP) is 4.55. The number of carbonyl (C=O) groups excluding carboxylic acids is 1. The molecule has 106 valence electrons. The van der Waals surface area contributed by atoms with E-state index in [1.807, 2.05) is 25.8 Å². The van der Waals surface area contributed by atoms with Crippen molar-refractivity contribution in [2.75, 3.05) is 13.6 Å². The van der Waals surface area contributed by atoms with Crippen LogP contribution >= 0.6 is 0 Å². The van der Waals surface area contributed by atoms with Crippen molar-refractivity contribution in [2.45, 2.75) is 72.1 Å². The van der Waals surface area contributed by atoms with Crippen LogP contribution in [-0.2, 0) is 4.79 Å². The summed E-state index contributed by atoms with van der Waals surface area (Å²) in [4.78, 5) is 13.5. The minimum atomic E-state index is 0.137. The van der Waals surface area contributed by atoms with Crippen molar-refractivity contribution in [1.29, 1.82) is 0 Å². The number of likely N-dealkylation sites (N-methyl/N-ethyl adjacent to an activating group) is 1. The third kappa shape index (κ3) is 10.4. The Morgan fingerprint density at radius 3 is 1.94 bits per heavy atom. The largest absolute Gasteiger partial charge is 0.342 e. The fraction of sp³-hybridized carbons (Fsp3) is 0.812. The van der Waals surface area contributed by atoms with Gasteiger partial charge in [0.05, 0.1) is 0 Å². The zero-order valence-corrected chi connectivity index (χ0v) is 12.8. The van der Waals surface area contributed by atoms with Crippen LogP contribution in [0.15, 0.2) is 11.6 Å². The molecular formula is C16H31NO. The van der Waals surface area contributed by atoms with Crippen molar-refractivity contribution < 1.29 is 4.79 Å². The Bertz CT molecular complexity index is 241. The molecule has 0 saturated carbocycles. The number of carbonyl (C=O) groups is 1. The van der Waals surface area contributed by atoms with Crippen molar-refractivity contribution in [3.8, 4) is 0 Å². The fourth-order valence-electron chi connectivity index (χ4n) is 1.95. The van der Waals surface area contributed by atoms with Crippen LogP contribution in [0.4, 0.5) is 0 Å². The van der Waals surface area contributed by atoms with Crippen LogP contribution in [0.1, 0.15) is 72.1 Å². The average Bonchev–Trinajstić information content (AvgIpc) is 2.31. The van der Waals surface area contributed by atoms with E-state index in [1.165, 1.54) is 44.9 Å². The lowest BCUT2D eigenvalue weighted by Crippen LogP contribution is -2.26. The molecule has 0 aromatic rings. The highest BCUT2D eigenvalue weighted by Crippen LogP contribution is 2.08. The molecule has 0 N–H and O–H groups in total. The van der Waals surface area contributed by atoms with Crippen molar-refractivity contribution in [3.05, 3.63) is 11.6 Å². The molecule has 2 nitrogen and oxygen atoms in total. The molecule has 0 atom stereocenters. The molecule has 0 unspecified atom stereocenters. The minimum Gasteiger partial charge on any atom is -0.342 e. The first-order chi connectivity index (χ1) is 8.57. The summed E-state index contributed by atoms with van der Waals surface area (Å²) in [6.45, 7) is 7.06. The lowest BCUT2D eigenvalue weighted by molar-refractivity contribution is -0.124.